The Bertz CT molecular complexity index is 860. The fourth-order valence-electron chi connectivity index (χ4n) is 3.43. The number of carbonyl (C=O) groups is 1. The summed E-state index contributed by atoms with van der Waals surface area (Å²) in [7, 11) is 0. The second-order valence-electron chi connectivity index (χ2n) is 6.20. The van der Waals surface area contributed by atoms with E-state index in [4.69, 9.17) is 4.52 Å². The number of carbonyl (C=O) groups excluding carboxylic acids is 1. The van der Waals surface area contributed by atoms with E-state index in [0.29, 0.717) is 13.1 Å². The third kappa shape index (κ3) is 2.67. The zero-order valence-corrected chi connectivity index (χ0v) is 13.1. The van der Waals surface area contributed by atoms with Gasteiger partial charge in [-0.3, -0.25) is 4.79 Å². The predicted octanol–water partition coefficient (Wildman–Crippen LogP) is 2.82. The molecule has 4 rings (SSSR count). The van der Waals surface area contributed by atoms with Gasteiger partial charge < -0.3 is 14.5 Å². The van der Waals surface area contributed by atoms with Gasteiger partial charge in [-0.2, -0.15) is 0 Å². The molecular formula is C19H18N2O3. The number of likely N-dealkylation sites (tertiary alicyclic amines) is 1. The highest BCUT2D eigenvalue weighted by Crippen LogP contribution is 2.31. The third-order valence-electron chi connectivity index (χ3n) is 4.73. The molecule has 2 heterocycles. The molecule has 1 saturated heterocycles. The highest BCUT2D eigenvalue weighted by Gasteiger charge is 2.32. The van der Waals surface area contributed by atoms with Crippen LogP contribution in [-0.2, 0) is 0 Å². The molecule has 0 spiro atoms. The Morgan fingerprint density at radius 2 is 2.00 bits per heavy atom. The Morgan fingerprint density at radius 1 is 1.17 bits per heavy atom. The second-order valence-corrected chi connectivity index (χ2v) is 6.20. The monoisotopic (exact) mass is 322 g/mol. The summed E-state index contributed by atoms with van der Waals surface area (Å²) in [5.74, 6) is -0.157. The van der Waals surface area contributed by atoms with Crippen LogP contribution >= 0.6 is 0 Å². The summed E-state index contributed by atoms with van der Waals surface area (Å²) in [6.07, 6.45) is 1.52. The third-order valence-corrected chi connectivity index (χ3v) is 4.73. The van der Waals surface area contributed by atoms with E-state index in [0.717, 1.165) is 12.0 Å². The van der Waals surface area contributed by atoms with Crippen molar-refractivity contribution in [2.24, 2.45) is 0 Å². The molecule has 2 atom stereocenters. The zero-order valence-electron chi connectivity index (χ0n) is 13.1. The lowest BCUT2D eigenvalue weighted by Crippen LogP contribution is -2.45. The van der Waals surface area contributed by atoms with Crippen molar-refractivity contribution in [3.8, 4) is 0 Å². The van der Waals surface area contributed by atoms with Gasteiger partial charge in [0.15, 0.2) is 5.69 Å². The molecule has 0 saturated carbocycles. The standard InChI is InChI=1S/C19H18N2O3/c22-18-12-21(19(23)17-8-10-24-20-17)9-7-16(18)15-6-5-13-3-1-2-4-14(13)11-15/h1-6,8,10-11,16,18,22H,7,9,12H2/t16-,18+/m0/s1. The lowest BCUT2D eigenvalue weighted by atomic mass is 9.86. The predicted molar refractivity (Wildman–Crippen MR) is 89.7 cm³/mol. The molecule has 1 aromatic heterocycles. The number of nitrogens with zero attached hydrogens (tertiary/aromatic N) is 2. The van der Waals surface area contributed by atoms with Crippen LogP contribution in [0.25, 0.3) is 10.8 Å². The molecule has 2 aromatic carbocycles. The number of hydrogen-bond donors (Lipinski definition) is 1. The summed E-state index contributed by atoms with van der Waals surface area (Å²) in [5, 5.41) is 16.6. The first-order valence-corrected chi connectivity index (χ1v) is 8.09. The summed E-state index contributed by atoms with van der Waals surface area (Å²) >= 11 is 0. The minimum atomic E-state index is -0.587. The molecule has 0 radical (unpaired) electrons. The minimum absolute atomic E-state index is 0.0379. The van der Waals surface area contributed by atoms with Gasteiger partial charge in [0.1, 0.15) is 6.26 Å². The first kappa shape index (κ1) is 14.9. The first-order chi connectivity index (χ1) is 11.7. The van der Waals surface area contributed by atoms with Gasteiger partial charge in [-0.15, -0.1) is 0 Å². The number of fused-ring (bicyclic) bond motifs is 1. The van der Waals surface area contributed by atoms with Crippen LogP contribution in [0.5, 0.6) is 0 Å². The fraction of sp³-hybridized carbons (Fsp3) is 0.263. The molecule has 1 amide bonds. The van der Waals surface area contributed by atoms with Gasteiger partial charge >= 0.3 is 0 Å². The van der Waals surface area contributed by atoms with Gasteiger partial charge in [-0.1, -0.05) is 47.6 Å². The topological polar surface area (TPSA) is 66.6 Å². The molecule has 5 nitrogen and oxygen atoms in total. The lowest BCUT2D eigenvalue weighted by Gasteiger charge is -2.36. The van der Waals surface area contributed by atoms with Crippen molar-refractivity contribution in [3.63, 3.8) is 0 Å². The van der Waals surface area contributed by atoms with Gasteiger partial charge in [0.25, 0.3) is 5.91 Å². The molecule has 3 aromatic rings. The van der Waals surface area contributed by atoms with Crippen molar-refractivity contribution in [2.75, 3.05) is 13.1 Å². The summed E-state index contributed by atoms with van der Waals surface area (Å²) in [4.78, 5) is 14.0. The summed E-state index contributed by atoms with van der Waals surface area (Å²) in [5.41, 5.74) is 1.40. The molecule has 122 valence electrons. The minimum Gasteiger partial charge on any atom is -0.391 e. The average molecular weight is 322 g/mol. The number of aliphatic hydroxyl groups excluding tert-OH is 1. The largest absolute Gasteiger partial charge is 0.391 e. The quantitative estimate of drug-likeness (QED) is 0.788. The molecule has 0 aliphatic carbocycles. The number of aliphatic hydroxyl groups is 1. The molecule has 1 aliphatic rings. The van der Waals surface area contributed by atoms with E-state index >= 15 is 0 Å². The van der Waals surface area contributed by atoms with Crippen LogP contribution in [0.15, 0.2) is 59.3 Å². The van der Waals surface area contributed by atoms with Gasteiger partial charge in [0.05, 0.1) is 6.10 Å². The Balaban J connectivity index is 1.53. The fourth-order valence-corrected chi connectivity index (χ4v) is 3.43. The van der Waals surface area contributed by atoms with Crippen LogP contribution in [0.1, 0.15) is 28.4 Å². The van der Waals surface area contributed by atoms with Crippen molar-refractivity contribution in [1.82, 2.24) is 10.1 Å². The van der Waals surface area contributed by atoms with Gasteiger partial charge in [0, 0.05) is 25.1 Å². The lowest BCUT2D eigenvalue weighted by molar-refractivity contribution is 0.0375. The number of amides is 1. The van der Waals surface area contributed by atoms with Crippen molar-refractivity contribution >= 4 is 16.7 Å². The Hall–Kier alpha value is -2.66. The molecule has 0 bridgehead atoms. The summed E-state index contributed by atoms with van der Waals surface area (Å²) in [6, 6.07) is 16.0. The highest BCUT2D eigenvalue weighted by atomic mass is 16.5. The molecule has 1 N–H and O–H groups in total. The summed E-state index contributed by atoms with van der Waals surface area (Å²) in [6.45, 7) is 0.906. The smallest absolute Gasteiger partial charge is 0.276 e. The Labute approximate surface area is 139 Å². The van der Waals surface area contributed by atoms with Gasteiger partial charge in [-0.05, 0) is 22.8 Å². The van der Waals surface area contributed by atoms with Crippen LogP contribution in [-0.4, -0.2) is 40.3 Å². The number of hydrogen-bond acceptors (Lipinski definition) is 4. The number of piperidine rings is 1. The van der Waals surface area contributed by atoms with Crippen LogP contribution in [0.3, 0.4) is 0 Å². The van der Waals surface area contributed by atoms with E-state index in [-0.39, 0.29) is 17.5 Å². The second kappa shape index (κ2) is 6.09. The maximum Gasteiger partial charge on any atom is 0.276 e. The van der Waals surface area contributed by atoms with E-state index in [1.807, 2.05) is 12.1 Å². The maximum atomic E-state index is 12.3. The molecule has 5 heteroatoms. The molecular weight excluding hydrogens is 304 g/mol. The SMILES string of the molecule is O=C(c1ccon1)N1CC[C@@H](c2ccc3ccccc3c2)[C@H](O)C1. The van der Waals surface area contributed by atoms with Crippen molar-refractivity contribution in [1.29, 1.82) is 0 Å². The van der Waals surface area contributed by atoms with E-state index in [1.54, 1.807) is 11.0 Å². The van der Waals surface area contributed by atoms with E-state index < -0.39 is 6.10 Å². The highest BCUT2D eigenvalue weighted by molar-refractivity contribution is 5.92. The van der Waals surface area contributed by atoms with Crippen LogP contribution < -0.4 is 0 Å². The van der Waals surface area contributed by atoms with Crippen LogP contribution in [0.4, 0.5) is 0 Å². The van der Waals surface area contributed by atoms with E-state index in [9.17, 15) is 9.90 Å². The van der Waals surface area contributed by atoms with Gasteiger partial charge in [0.2, 0.25) is 0 Å². The first-order valence-electron chi connectivity index (χ1n) is 8.09. The molecule has 1 aliphatic heterocycles. The molecule has 0 unspecified atom stereocenters. The van der Waals surface area contributed by atoms with Crippen molar-refractivity contribution in [2.45, 2.75) is 18.4 Å². The van der Waals surface area contributed by atoms with E-state index in [1.165, 1.54) is 17.0 Å². The average Bonchev–Trinajstić information content (AvgIpc) is 3.15. The van der Waals surface area contributed by atoms with Crippen LogP contribution in [0, 0.1) is 0 Å². The maximum absolute atomic E-state index is 12.3. The number of aromatic nitrogens is 1. The van der Waals surface area contributed by atoms with Crippen molar-refractivity contribution < 1.29 is 14.4 Å². The number of rotatable bonds is 2. The van der Waals surface area contributed by atoms with Gasteiger partial charge in [-0.25, -0.2) is 0 Å². The molecule has 24 heavy (non-hydrogen) atoms. The number of β-amino-alcohol motifs (C(OH)–C–C–N with tert-alkyl or cyclic N) is 1. The summed E-state index contributed by atoms with van der Waals surface area (Å²) < 4.78 is 4.72. The molecule has 1 fully saturated rings. The van der Waals surface area contributed by atoms with E-state index in [2.05, 4.69) is 35.5 Å². The zero-order chi connectivity index (χ0) is 16.5. The van der Waals surface area contributed by atoms with Crippen LogP contribution in [0.2, 0.25) is 0 Å². The normalized spacial score (nSPS) is 21.1. The van der Waals surface area contributed by atoms with Crippen molar-refractivity contribution in [3.05, 3.63) is 66.1 Å². The Kier molecular flexibility index (Phi) is 3.78. The Morgan fingerprint density at radius 3 is 2.75 bits per heavy atom. The number of benzene rings is 2.